The fraction of sp³-hybridized carbons (Fsp3) is 0.333. The molecule has 0 radical (unpaired) electrons. The van der Waals surface area contributed by atoms with Crippen molar-refractivity contribution >= 4 is 16.5 Å². The first kappa shape index (κ1) is 9.78. The minimum absolute atomic E-state index is 0.451. The second kappa shape index (κ2) is 3.87. The van der Waals surface area contributed by atoms with E-state index in [1.165, 1.54) is 29.0 Å². The lowest BCUT2D eigenvalue weighted by Crippen LogP contribution is -2.09. The molecule has 2 heterocycles. The van der Waals surface area contributed by atoms with Gasteiger partial charge in [-0.2, -0.15) is 0 Å². The van der Waals surface area contributed by atoms with Crippen molar-refractivity contribution in [3.05, 3.63) is 40.7 Å². The lowest BCUT2D eigenvalue weighted by molar-refractivity contribution is 0.616. The van der Waals surface area contributed by atoms with E-state index in [-0.39, 0.29) is 0 Å². The van der Waals surface area contributed by atoms with Crippen molar-refractivity contribution < 1.29 is 0 Å². The molecule has 1 aliphatic rings. The summed E-state index contributed by atoms with van der Waals surface area (Å²) in [6.07, 6.45) is 7.21. The van der Waals surface area contributed by atoms with Gasteiger partial charge in [0.2, 0.25) is 0 Å². The number of nitrogen functional groups attached to an aromatic ring is 1. The number of hydrogen-bond acceptors (Lipinski definition) is 4. The summed E-state index contributed by atoms with van der Waals surface area (Å²) in [5.74, 6) is 0.451. The van der Waals surface area contributed by atoms with Crippen LogP contribution >= 0.6 is 11.3 Å². The summed E-state index contributed by atoms with van der Waals surface area (Å²) in [7, 11) is 0. The number of thiazole rings is 1. The maximum absolute atomic E-state index is 5.79. The molecular weight excluding hydrogens is 218 g/mol. The number of aryl methyl sites for hydroxylation is 1. The van der Waals surface area contributed by atoms with Crippen LogP contribution in [0, 0.1) is 0 Å². The van der Waals surface area contributed by atoms with Crippen LogP contribution in [0.15, 0.2) is 24.5 Å². The van der Waals surface area contributed by atoms with Gasteiger partial charge in [-0.1, -0.05) is 6.07 Å². The number of aromatic nitrogens is 2. The largest absolute Gasteiger partial charge is 0.375 e. The molecule has 0 aliphatic heterocycles. The Kier molecular flexibility index (Phi) is 2.36. The van der Waals surface area contributed by atoms with Crippen molar-refractivity contribution in [2.24, 2.45) is 0 Å². The Labute approximate surface area is 98.4 Å². The van der Waals surface area contributed by atoms with E-state index >= 15 is 0 Å². The molecule has 2 aromatic rings. The number of nitrogens with two attached hydrogens (primary N) is 1. The molecule has 3 nitrogen and oxygen atoms in total. The zero-order valence-electron chi connectivity index (χ0n) is 8.89. The average Bonchev–Trinajstić information content (AvgIpc) is 2.70. The van der Waals surface area contributed by atoms with E-state index < -0.39 is 0 Å². The number of anilines is 1. The van der Waals surface area contributed by atoms with E-state index in [0.29, 0.717) is 11.0 Å². The highest BCUT2D eigenvalue weighted by Gasteiger charge is 2.25. The molecule has 2 aromatic heterocycles. The predicted octanol–water partition coefficient (Wildman–Crippen LogP) is 2.59. The Morgan fingerprint density at radius 2 is 2.38 bits per heavy atom. The Hall–Kier alpha value is -1.42. The van der Waals surface area contributed by atoms with Gasteiger partial charge in [0.15, 0.2) is 5.13 Å². The summed E-state index contributed by atoms with van der Waals surface area (Å²) in [6.45, 7) is 0. The highest BCUT2D eigenvalue weighted by Crippen LogP contribution is 2.40. The van der Waals surface area contributed by atoms with Gasteiger partial charge in [0, 0.05) is 23.2 Å². The van der Waals surface area contributed by atoms with Crippen LogP contribution in [-0.2, 0) is 6.42 Å². The molecule has 4 heteroatoms. The summed E-state index contributed by atoms with van der Waals surface area (Å²) in [5, 5.41) is 0.695. The molecular formula is C12H13N3S. The number of rotatable bonds is 1. The second-order valence-electron chi connectivity index (χ2n) is 4.09. The van der Waals surface area contributed by atoms with Gasteiger partial charge < -0.3 is 5.73 Å². The Bertz CT molecular complexity index is 492. The Morgan fingerprint density at radius 3 is 3.19 bits per heavy atom. The summed E-state index contributed by atoms with van der Waals surface area (Å²) in [6, 6.07) is 4.14. The van der Waals surface area contributed by atoms with Crippen LogP contribution in [0.5, 0.6) is 0 Å². The number of hydrogen-bond donors (Lipinski definition) is 1. The van der Waals surface area contributed by atoms with Crippen LogP contribution in [0.2, 0.25) is 0 Å². The van der Waals surface area contributed by atoms with Crippen molar-refractivity contribution in [3.63, 3.8) is 0 Å². The highest BCUT2D eigenvalue weighted by atomic mass is 32.1. The molecule has 1 aliphatic carbocycles. The summed E-state index contributed by atoms with van der Waals surface area (Å²) < 4.78 is 0. The van der Waals surface area contributed by atoms with Crippen LogP contribution in [-0.4, -0.2) is 9.97 Å². The third-order valence-corrected chi connectivity index (χ3v) is 4.09. The lowest BCUT2D eigenvalue weighted by Gasteiger charge is -2.20. The quantitative estimate of drug-likeness (QED) is 0.820. The Morgan fingerprint density at radius 1 is 1.44 bits per heavy atom. The molecule has 0 aromatic carbocycles. The average molecular weight is 231 g/mol. The topological polar surface area (TPSA) is 51.8 Å². The van der Waals surface area contributed by atoms with Gasteiger partial charge in [0.05, 0.1) is 5.69 Å². The molecule has 0 saturated carbocycles. The third kappa shape index (κ3) is 1.59. The van der Waals surface area contributed by atoms with E-state index in [1.54, 1.807) is 11.3 Å². The van der Waals surface area contributed by atoms with Gasteiger partial charge in [0.1, 0.15) is 0 Å². The summed E-state index contributed by atoms with van der Waals surface area (Å²) >= 11 is 1.63. The van der Waals surface area contributed by atoms with Gasteiger partial charge in [0.25, 0.3) is 0 Å². The minimum atomic E-state index is 0.451. The standard InChI is InChI=1S/C12H13N3S/c13-12-15-10-5-1-4-9(11(10)16-12)8-3-2-6-14-7-8/h2-3,6-7,9H,1,4-5H2,(H2,13,15). The van der Waals surface area contributed by atoms with E-state index in [1.807, 2.05) is 18.5 Å². The van der Waals surface area contributed by atoms with Crippen LogP contribution in [0.3, 0.4) is 0 Å². The number of nitrogens with zero attached hydrogens (tertiary/aromatic N) is 2. The summed E-state index contributed by atoms with van der Waals surface area (Å²) in [4.78, 5) is 9.94. The fourth-order valence-electron chi connectivity index (χ4n) is 2.34. The first-order valence-corrected chi connectivity index (χ1v) is 6.31. The zero-order chi connectivity index (χ0) is 11.0. The van der Waals surface area contributed by atoms with Crippen LogP contribution < -0.4 is 5.73 Å². The van der Waals surface area contributed by atoms with Crippen LogP contribution in [0.1, 0.15) is 34.9 Å². The normalized spacial score (nSPS) is 19.4. The first-order valence-electron chi connectivity index (χ1n) is 5.49. The van der Waals surface area contributed by atoms with Gasteiger partial charge in [-0.05, 0) is 30.9 Å². The summed E-state index contributed by atoms with van der Waals surface area (Å²) in [5.41, 5.74) is 8.27. The molecule has 2 N–H and O–H groups in total. The Balaban J connectivity index is 2.05. The molecule has 0 saturated heterocycles. The third-order valence-electron chi connectivity index (χ3n) is 3.05. The fourth-order valence-corrected chi connectivity index (χ4v) is 3.38. The molecule has 3 rings (SSSR count). The smallest absolute Gasteiger partial charge is 0.180 e. The lowest BCUT2D eigenvalue weighted by atomic mass is 9.87. The van der Waals surface area contributed by atoms with Crippen molar-refractivity contribution in [3.8, 4) is 0 Å². The first-order chi connectivity index (χ1) is 7.84. The van der Waals surface area contributed by atoms with E-state index in [4.69, 9.17) is 5.73 Å². The maximum atomic E-state index is 5.79. The van der Waals surface area contributed by atoms with Crippen molar-refractivity contribution in [2.75, 3.05) is 5.73 Å². The molecule has 0 fully saturated rings. The van der Waals surface area contributed by atoms with Crippen molar-refractivity contribution in [1.29, 1.82) is 0 Å². The molecule has 1 unspecified atom stereocenters. The monoisotopic (exact) mass is 231 g/mol. The van der Waals surface area contributed by atoms with Gasteiger partial charge >= 0.3 is 0 Å². The van der Waals surface area contributed by atoms with Gasteiger partial charge in [-0.25, -0.2) is 4.98 Å². The van der Waals surface area contributed by atoms with Gasteiger partial charge in [-0.3, -0.25) is 4.98 Å². The molecule has 82 valence electrons. The highest BCUT2D eigenvalue weighted by molar-refractivity contribution is 7.15. The second-order valence-corrected chi connectivity index (χ2v) is 5.16. The molecule has 1 atom stereocenters. The zero-order valence-corrected chi connectivity index (χ0v) is 9.70. The van der Waals surface area contributed by atoms with Crippen molar-refractivity contribution in [1.82, 2.24) is 9.97 Å². The van der Waals surface area contributed by atoms with Crippen LogP contribution in [0.25, 0.3) is 0 Å². The SMILES string of the molecule is Nc1nc2c(s1)C(c1cccnc1)CCC2. The van der Waals surface area contributed by atoms with E-state index in [9.17, 15) is 0 Å². The van der Waals surface area contributed by atoms with Gasteiger partial charge in [-0.15, -0.1) is 11.3 Å². The molecule has 0 amide bonds. The predicted molar refractivity (Wildman–Crippen MR) is 65.5 cm³/mol. The molecule has 16 heavy (non-hydrogen) atoms. The maximum Gasteiger partial charge on any atom is 0.180 e. The van der Waals surface area contributed by atoms with E-state index in [0.717, 1.165) is 6.42 Å². The number of fused-ring (bicyclic) bond motifs is 1. The molecule has 0 bridgehead atoms. The molecule has 0 spiro atoms. The number of pyridine rings is 1. The van der Waals surface area contributed by atoms with E-state index in [2.05, 4.69) is 16.0 Å². The minimum Gasteiger partial charge on any atom is -0.375 e. The van der Waals surface area contributed by atoms with Crippen LogP contribution in [0.4, 0.5) is 5.13 Å². The van der Waals surface area contributed by atoms with Crippen molar-refractivity contribution in [2.45, 2.75) is 25.2 Å².